The summed E-state index contributed by atoms with van der Waals surface area (Å²) >= 11 is 0. The van der Waals surface area contributed by atoms with Gasteiger partial charge in [-0.1, -0.05) is 78.1 Å². The van der Waals surface area contributed by atoms with E-state index in [9.17, 15) is 0 Å². The zero-order chi connectivity index (χ0) is 18.2. The molecule has 0 N–H and O–H groups in total. The molecular weight excluding hydrogens is 312 g/mol. The van der Waals surface area contributed by atoms with Gasteiger partial charge >= 0.3 is 0 Å². The third kappa shape index (κ3) is 6.00. The summed E-state index contributed by atoms with van der Waals surface area (Å²) < 4.78 is 0. The van der Waals surface area contributed by atoms with Gasteiger partial charge in [0, 0.05) is 0 Å². The number of unbranched alkanes of at least 4 members (excludes halogenated alkanes) is 3. The molecule has 3 aliphatic rings. The maximum atomic E-state index is 2.40. The predicted molar refractivity (Wildman–Crippen MR) is 115 cm³/mol. The first-order chi connectivity index (χ1) is 12.8. The van der Waals surface area contributed by atoms with Crippen LogP contribution in [0, 0.1) is 35.5 Å². The Bertz CT molecular complexity index is 348. The molecule has 0 radical (unpaired) electrons. The lowest BCUT2D eigenvalue weighted by Crippen LogP contribution is -2.29. The highest BCUT2D eigenvalue weighted by atomic mass is 14.4. The smallest absolute Gasteiger partial charge is 0.0386 e. The minimum absolute atomic E-state index is 1.07. The van der Waals surface area contributed by atoms with Gasteiger partial charge in [0.25, 0.3) is 0 Å². The van der Waals surface area contributed by atoms with Crippen molar-refractivity contribution < 1.29 is 0 Å². The van der Waals surface area contributed by atoms with E-state index >= 15 is 0 Å². The molecule has 3 aliphatic carbocycles. The molecule has 26 heavy (non-hydrogen) atoms. The molecule has 0 heteroatoms. The standard InChI is InChI=1S/C26H48/c1-3-5-6-7-8-22-11-15-24(16-12-22)26-19-17-25(18-20-26)23-13-9-21(4-2)10-14-23/h21-26H,3-20H2,1-2H3. The Balaban J connectivity index is 1.31. The number of hydrogen-bond donors (Lipinski definition) is 0. The van der Waals surface area contributed by atoms with E-state index in [0.29, 0.717) is 0 Å². The Morgan fingerprint density at radius 3 is 1.31 bits per heavy atom. The van der Waals surface area contributed by atoms with Crippen LogP contribution >= 0.6 is 0 Å². The van der Waals surface area contributed by atoms with Gasteiger partial charge in [-0.3, -0.25) is 0 Å². The largest absolute Gasteiger partial charge is 0.0654 e. The summed E-state index contributed by atoms with van der Waals surface area (Å²) in [6, 6.07) is 0. The summed E-state index contributed by atoms with van der Waals surface area (Å²) in [5, 5.41) is 0. The summed E-state index contributed by atoms with van der Waals surface area (Å²) in [6.07, 6.45) is 27.7. The van der Waals surface area contributed by atoms with Crippen molar-refractivity contribution in [2.24, 2.45) is 35.5 Å². The molecule has 0 nitrogen and oxygen atoms in total. The van der Waals surface area contributed by atoms with Crippen LogP contribution in [0.3, 0.4) is 0 Å². The molecule has 3 saturated carbocycles. The quantitative estimate of drug-likeness (QED) is 0.379. The molecule has 0 heterocycles. The molecule has 152 valence electrons. The summed E-state index contributed by atoms with van der Waals surface area (Å²) in [4.78, 5) is 0. The van der Waals surface area contributed by atoms with E-state index < -0.39 is 0 Å². The molecule has 0 atom stereocenters. The van der Waals surface area contributed by atoms with Gasteiger partial charge in [-0.05, 0) is 86.9 Å². The van der Waals surface area contributed by atoms with E-state index in [1.54, 1.807) is 83.5 Å². The molecule has 0 unspecified atom stereocenters. The second kappa shape index (κ2) is 11.1. The highest BCUT2D eigenvalue weighted by Gasteiger charge is 2.34. The van der Waals surface area contributed by atoms with E-state index in [2.05, 4.69) is 13.8 Å². The zero-order valence-electron chi connectivity index (χ0n) is 18.2. The van der Waals surface area contributed by atoms with Gasteiger partial charge in [0.05, 0.1) is 0 Å². The fourth-order valence-corrected chi connectivity index (χ4v) is 6.96. The first-order valence-corrected chi connectivity index (χ1v) is 12.8. The van der Waals surface area contributed by atoms with Crippen LogP contribution in [0.4, 0.5) is 0 Å². The zero-order valence-corrected chi connectivity index (χ0v) is 18.2. The van der Waals surface area contributed by atoms with Crippen LogP contribution in [0.2, 0.25) is 0 Å². The van der Waals surface area contributed by atoms with Crippen LogP contribution < -0.4 is 0 Å². The van der Waals surface area contributed by atoms with Crippen molar-refractivity contribution in [3.05, 3.63) is 0 Å². The first kappa shape index (κ1) is 20.7. The number of rotatable bonds is 8. The van der Waals surface area contributed by atoms with E-state index in [4.69, 9.17) is 0 Å². The molecule has 3 rings (SSSR count). The van der Waals surface area contributed by atoms with Gasteiger partial charge in [0.1, 0.15) is 0 Å². The lowest BCUT2D eigenvalue weighted by atomic mass is 9.64. The minimum Gasteiger partial charge on any atom is -0.0654 e. The van der Waals surface area contributed by atoms with Gasteiger partial charge in [-0.2, -0.15) is 0 Å². The van der Waals surface area contributed by atoms with Gasteiger partial charge < -0.3 is 0 Å². The Morgan fingerprint density at radius 1 is 0.462 bits per heavy atom. The Morgan fingerprint density at radius 2 is 0.885 bits per heavy atom. The molecule has 0 aromatic heterocycles. The van der Waals surface area contributed by atoms with Crippen LogP contribution in [-0.2, 0) is 0 Å². The highest BCUT2D eigenvalue weighted by molar-refractivity contribution is 4.85. The fourth-order valence-electron chi connectivity index (χ4n) is 6.96. The van der Waals surface area contributed by atoms with E-state index in [1.165, 1.54) is 32.1 Å². The lowest BCUT2D eigenvalue weighted by molar-refractivity contribution is 0.103. The third-order valence-electron chi connectivity index (χ3n) is 8.98. The molecule has 0 aliphatic heterocycles. The maximum Gasteiger partial charge on any atom is -0.0386 e. The van der Waals surface area contributed by atoms with Crippen LogP contribution in [-0.4, -0.2) is 0 Å². The topological polar surface area (TPSA) is 0 Å². The van der Waals surface area contributed by atoms with Gasteiger partial charge in [-0.25, -0.2) is 0 Å². The van der Waals surface area contributed by atoms with E-state index in [0.717, 1.165) is 35.5 Å². The summed E-state index contributed by atoms with van der Waals surface area (Å²) in [7, 11) is 0. The van der Waals surface area contributed by atoms with E-state index in [1.807, 2.05) is 0 Å². The Hall–Kier alpha value is 0. The summed E-state index contributed by atoms with van der Waals surface area (Å²) in [5.74, 6) is 6.60. The molecule has 0 aromatic carbocycles. The molecule has 0 bridgehead atoms. The van der Waals surface area contributed by atoms with Crippen molar-refractivity contribution in [2.75, 3.05) is 0 Å². The maximum absolute atomic E-state index is 2.40. The van der Waals surface area contributed by atoms with Crippen molar-refractivity contribution in [1.82, 2.24) is 0 Å². The van der Waals surface area contributed by atoms with Crippen LogP contribution in [0.5, 0.6) is 0 Å². The van der Waals surface area contributed by atoms with Crippen molar-refractivity contribution in [1.29, 1.82) is 0 Å². The third-order valence-corrected chi connectivity index (χ3v) is 8.98. The average Bonchev–Trinajstić information content (AvgIpc) is 2.72. The molecular formula is C26H48. The van der Waals surface area contributed by atoms with E-state index in [-0.39, 0.29) is 0 Å². The minimum atomic E-state index is 1.07. The van der Waals surface area contributed by atoms with Gasteiger partial charge in [0.15, 0.2) is 0 Å². The highest BCUT2D eigenvalue weighted by Crippen LogP contribution is 2.46. The lowest BCUT2D eigenvalue weighted by Gasteiger charge is -2.41. The summed E-state index contributed by atoms with van der Waals surface area (Å²) in [6.45, 7) is 4.73. The Kier molecular flexibility index (Phi) is 8.86. The van der Waals surface area contributed by atoms with Gasteiger partial charge in [-0.15, -0.1) is 0 Å². The second-order valence-electron chi connectivity index (χ2n) is 10.5. The van der Waals surface area contributed by atoms with Crippen molar-refractivity contribution in [2.45, 2.75) is 129 Å². The molecule has 0 aromatic rings. The normalized spacial score (nSPS) is 39.0. The van der Waals surface area contributed by atoms with Crippen molar-refractivity contribution >= 4 is 0 Å². The number of hydrogen-bond acceptors (Lipinski definition) is 0. The molecule has 0 spiro atoms. The van der Waals surface area contributed by atoms with Crippen LogP contribution in [0.25, 0.3) is 0 Å². The summed E-state index contributed by atoms with van der Waals surface area (Å²) in [5.41, 5.74) is 0. The average molecular weight is 361 g/mol. The fraction of sp³-hybridized carbons (Fsp3) is 1.00. The van der Waals surface area contributed by atoms with Crippen molar-refractivity contribution in [3.8, 4) is 0 Å². The predicted octanol–water partition coefficient (Wildman–Crippen LogP) is 8.79. The van der Waals surface area contributed by atoms with Gasteiger partial charge in [0.2, 0.25) is 0 Å². The SMILES string of the molecule is CCCCCCC1CCC(C2CCC(C3CCC(CC)CC3)CC2)CC1. The molecule has 0 saturated heterocycles. The van der Waals surface area contributed by atoms with Crippen molar-refractivity contribution in [3.63, 3.8) is 0 Å². The Labute approximate surface area is 165 Å². The first-order valence-electron chi connectivity index (χ1n) is 12.8. The molecule has 0 amide bonds. The second-order valence-corrected chi connectivity index (χ2v) is 10.5. The molecule has 3 fully saturated rings. The monoisotopic (exact) mass is 360 g/mol. The van der Waals surface area contributed by atoms with Crippen LogP contribution in [0.1, 0.15) is 129 Å². The van der Waals surface area contributed by atoms with Crippen LogP contribution in [0.15, 0.2) is 0 Å².